The standard InChI is InChI=1S/C21H17FO3/c1-12-3-5-14(6-4-12)20(23)10-17-13(2)18(11-21(24)25)19-9-15(22)7-8-16(17)19/h3-10H,11H2,1-2H3,(H,24,25)/b17-10+. The van der Waals surface area contributed by atoms with Crippen molar-refractivity contribution in [1.29, 1.82) is 0 Å². The second kappa shape index (κ2) is 6.48. The lowest BCUT2D eigenvalue weighted by Gasteiger charge is -2.04. The van der Waals surface area contributed by atoms with E-state index in [2.05, 4.69) is 0 Å². The van der Waals surface area contributed by atoms with Crippen molar-refractivity contribution >= 4 is 22.9 Å². The highest BCUT2D eigenvalue weighted by atomic mass is 19.1. The zero-order valence-corrected chi connectivity index (χ0v) is 14.0. The van der Waals surface area contributed by atoms with Crippen LogP contribution in [0.25, 0.3) is 11.1 Å². The van der Waals surface area contributed by atoms with Crippen LogP contribution in [0, 0.1) is 12.7 Å². The van der Waals surface area contributed by atoms with Gasteiger partial charge in [-0.2, -0.15) is 0 Å². The molecule has 0 bridgehead atoms. The molecule has 1 N–H and O–H groups in total. The van der Waals surface area contributed by atoms with Crippen molar-refractivity contribution in [2.45, 2.75) is 20.3 Å². The Labute approximate surface area is 145 Å². The Balaban J connectivity index is 2.09. The molecule has 126 valence electrons. The molecule has 1 aliphatic rings. The van der Waals surface area contributed by atoms with Crippen LogP contribution < -0.4 is 0 Å². The lowest BCUT2D eigenvalue weighted by molar-refractivity contribution is -0.135. The van der Waals surface area contributed by atoms with Crippen molar-refractivity contribution in [2.75, 3.05) is 0 Å². The monoisotopic (exact) mass is 336 g/mol. The number of hydrogen-bond acceptors (Lipinski definition) is 2. The van der Waals surface area contributed by atoms with Crippen molar-refractivity contribution in [3.8, 4) is 0 Å². The number of carbonyl (C=O) groups excluding carboxylic acids is 1. The summed E-state index contributed by atoms with van der Waals surface area (Å²) in [6.07, 6.45) is 1.30. The molecule has 0 saturated carbocycles. The summed E-state index contributed by atoms with van der Waals surface area (Å²) in [5.74, 6) is -1.59. The van der Waals surface area contributed by atoms with Crippen LogP contribution in [0.3, 0.4) is 0 Å². The fraction of sp³-hybridized carbons (Fsp3) is 0.143. The number of carboxylic acids is 1. The first kappa shape index (κ1) is 16.8. The maximum Gasteiger partial charge on any atom is 0.307 e. The van der Waals surface area contributed by atoms with E-state index in [4.69, 9.17) is 5.11 Å². The molecule has 0 atom stereocenters. The van der Waals surface area contributed by atoms with Gasteiger partial charge in [-0.1, -0.05) is 35.9 Å². The van der Waals surface area contributed by atoms with Gasteiger partial charge in [0.05, 0.1) is 6.42 Å². The number of rotatable bonds is 4. The van der Waals surface area contributed by atoms with Gasteiger partial charge >= 0.3 is 5.97 Å². The van der Waals surface area contributed by atoms with Gasteiger partial charge in [0.25, 0.3) is 0 Å². The Morgan fingerprint density at radius 2 is 1.72 bits per heavy atom. The van der Waals surface area contributed by atoms with E-state index < -0.39 is 11.8 Å². The average Bonchev–Trinajstić information content (AvgIpc) is 2.80. The largest absolute Gasteiger partial charge is 0.481 e. The van der Waals surface area contributed by atoms with Gasteiger partial charge in [-0.15, -0.1) is 0 Å². The molecule has 2 aromatic rings. The SMILES string of the molecule is CC1=C(CC(=O)O)c2cc(F)ccc2/C1=C/C(=O)c1ccc(C)cc1. The summed E-state index contributed by atoms with van der Waals surface area (Å²) in [4.78, 5) is 23.7. The van der Waals surface area contributed by atoms with E-state index in [9.17, 15) is 14.0 Å². The van der Waals surface area contributed by atoms with E-state index in [1.54, 1.807) is 25.1 Å². The lowest BCUT2D eigenvalue weighted by atomic mass is 9.99. The van der Waals surface area contributed by atoms with Crippen molar-refractivity contribution < 1.29 is 19.1 Å². The molecule has 0 aliphatic heterocycles. The van der Waals surface area contributed by atoms with E-state index in [1.165, 1.54) is 18.2 Å². The van der Waals surface area contributed by atoms with Crippen molar-refractivity contribution in [3.05, 3.63) is 82.2 Å². The number of hydrogen-bond donors (Lipinski definition) is 1. The predicted octanol–water partition coefficient (Wildman–Crippen LogP) is 4.66. The Hall–Kier alpha value is -3.01. The van der Waals surface area contributed by atoms with Gasteiger partial charge in [-0.25, -0.2) is 4.39 Å². The maximum absolute atomic E-state index is 13.6. The van der Waals surface area contributed by atoms with Crippen LogP contribution in [0.5, 0.6) is 0 Å². The summed E-state index contributed by atoms with van der Waals surface area (Å²) in [5, 5.41) is 9.14. The van der Waals surface area contributed by atoms with Crippen LogP contribution >= 0.6 is 0 Å². The Morgan fingerprint density at radius 1 is 1.04 bits per heavy atom. The second-order valence-electron chi connectivity index (χ2n) is 6.15. The highest BCUT2D eigenvalue weighted by Crippen LogP contribution is 2.43. The zero-order valence-electron chi connectivity index (χ0n) is 14.0. The minimum absolute atomic E-state index is 0.166. The molecule has 0 amide bonds. The van der Waals surface area contributed by atoms with Gasteiger partial charge in [-0.3, -0.25) is 9.59 Å². The lowest BCUT2D eigenvalue weighted by Crippen LogP contribution is -1.97. The third kappa shape index (κ3) is 3.29. The molecule has 0 radical (unpaired) electrons. The number of aryl methyl sites for hydroxylation is 1. The van der Waals surface area contributed by atoms with Crippen LogP contribution in [-0.2, 0) is 4.79 Å². The minimum atomic E-state index is -0.990. The van der Waals surface area contributed by atoms with Gasteiger partial charge in [0.1, 0.15) is 5.82 Å². The summed E-state index contributed by atoms with van der Waals surface area (Å²) in [5.41, 5.74) is 4.75. The molecular formula is C21H17FO3. The number of fused-ring (bicyclic) bond motifs is 1. The number of carboxylic acid groups (broad SMARTS) is 1. The first-order valence-corrected chi connectivity index (χ1v) is 7.91. The van der Waals surface area contributed by atoms with E-state index in [-0.39, 0.29) is 12.2 Å². The fourth-order valence-corrected chi connectivity index (χ4v) is 3.06. The molecular weight excluding hydrogens is 319 g/mol. The molecule has 0 heterocycles. The van der Waals surface area contributed by atoms with Crippen LogP contribution in [-0.4, -0.2) is 16.9 Å². The van der Waals surface area contributed by atoms with Gasteiger partial charge in [0.15, 0.2) is 5.78 Å². The quantitative estimate of drug-likeness (QED) is 0.652. The highest BCUT2D eigenvalue weighted by molar-refractivity contribution is 6.14. The van der Waals surface area contributed by atoms with E-state index >= 15 is 0 Å². The van der Waals surface area contributed by atoms with E-state index in [0.29, 0.717) is 33.4 Å². The molecule has 3 nitrogen and oxygen atoms in total. The predicted molar refractivity (Wildman–Crippen MR) is 94.7 cm³/mol. The second-order valence-corrected chi connectivity index (χ2v) is 6.15. The summed E-state index contributed by atoms with van der Waals surface area (Å²) in [6.45, 7) is 3.71. The smallest absolute Gasteiger partial charge is 0.307 e. The fourth-order valence-electron chi connectivity index (χ4n) is 3.06. The van der Waals surface area contributed by atoms with Crippen LogP contribution in [0.4, 0.5) is 4.39 Å². The molecule has 0 fully saturated rings. The van der Waals surface area contributed by atoms with Gasteiger partial charge in [0.2, 0.25) is 0 Å². The first-order valence-electron chi connectivity index (χ1n) is 7.91. The molecule has 0 saturated heterocycles. The van der Waals surface area contributed by atoms with Gasteiger partial charge in [0, 0.05) is 5.56 Å². The molecule has 1 aliphatic carbocycles. The maximum atomic E-state index is 13.6. The Kier molecular flexibility index (Phi) is 4.36. The highest BCUT2D eigenvalue weighted by Gasteiger charge is 2.26. The molecule has 4 heteroatoms. The zero-order chi connectivity index (χ0) is 18.1. The van der Waals surface area contributed by atoms with Gasteiger partial charge < -0.3 is 5.11 Å². The van der Waals surface area contributed by atoms with Crippen molar-refractivity contribution in [2.24, 2.45) is 0 Å². The molecule has 0 aromatic heterocycles. The third-order valence-electron chi connectivity index (χ3n) is 4.39. The molecule has 0 spiro atoms. The molecule has 0 unspecified atom stereocenters. The molecule has 25 heavy (non-hydrogen) atoms. The van der Waals surface area contributed by atoms with Gasteiger partial charge in [-0.05, 0) is 59.9 Å². The number of halogens is 1. The van der Waals surface area contributed by atoms with E-state index in [0.717, 1.165) is 5.56 Å². The number of ketones is 1. The summed E-state index contributed by atoms with van der Waals surface area (Å²) in [6, 6.07) is 11.5. The first-order chi connectivity index (χ1) is 11.9. The summed E-state index contributed by atoms with van der Waals surface area (Å²) in [7, 11) is 0. The summed E-state index contributed by atoms with van der Waals surface area (Å²) >= 11 is 0. The Bertz CT molecular complexity index is 934. The average molecular weight is 336 g/mol. The molecule has 2 aromatic carbocycles. The van der Waals surface area contributed by atoms with Crippen molar-refractivity contribution in [3.63, 3.8) is 0 Å². The number of benzene rings is 2. The summed E-state index contributed by atoms with van der Waals surface area (Å²) < 4.78 is 13.6. The van der Waals surface area contributed by atoms with Crippen molar-refractivity contribution in [1.82, 2.24) is 0 Å². The number of aliphatic carboxylic acids is 1. The molecule has 3 rings (SSSR count). The van der Waals surface area contributed by atoms with Crippen LogP contribution in [0.1, 0.15) is 40.4 Å². The Morgan fingerprint density at radius 3 is 2.36 bits per heavy atom. The number of allylic oxidation sites excluding steroid dienone is 3. The minimum Gasteiger partial charge on any atom is -0.481 e. The normalized spacial score (nSPS) is 14.8. The number of carbonyl (C=O) groups is 2. The topological polar surface area (TPSA) is 54.4 Å². The van der Waals surface area contributed by atoms with Crippen LogP contribution in [0.15, 0.2) is 54.1 Å². The van der Waals surface area contributed by atoms with Crippen LogP contribution in [0.2, 0.25) is 0 Å². The van der Waals surface area contributed by atoms with E-state index in [1.807, 2.05) is 19.1 Å². The third-order valence-corrected chi connectivity index (χ3v) is 4.39.